The molecule has 1 N–H and O–H groups in total. The Morgan fingerprint density at radius 2 is 1.74 bits per heavy atom. The lowest BCUT2D eigenvalue weighted by Gasteiger charge is -2.23. The Hall–Kier alpha value is -4.29. The van der Waals surface area contributed by atoms with Gasteiger partial charge < -0.3 is 4.57 Å². The lowest BCUT2D eigenvalue weighted by molar-refractivity contribution is -0.387. The van der Waals surface area contributed by atoms with Crippen LogP contribution in [0, 0.1) is 24.0 Å². The molecule has 0 aliphatic rings. The van der Waals surface area contributed by atoms with Crippen LogP contribution in [0.3, 0.4) is 0 Å². The highest BCUT2D eigenvalue weighted by Crippen LogP contribution is 2.29. The van der Waals surface area contributed by atoms with Crippen LogP contribution in [0.2, 0.25) is 0 Å². The van der Waals surface area contributed by atoms with Crippen molar-refractivity contribution in [1.82, 2.24) is 9.99 Å². The standard InChI is InChI=1S/C27H24BrN5O5S/c1-19-15-21(20(2)32(19)24-12-8-9-22(28)16-24)17-29-30-27(34)18-31(23-10-4-3-5-11-23)39(37,38)26-14-7-6-13-25(26)33(35)36/h3-17H,18H2,1-2H3,(H,30,34)/b29-17-. The first-order valence-corrected chi connectivity index (χ1v) is 13.9. The zero-order chi connectivity index (χ0) is 28.2. The van der Waals surface area contributed by atoms with Gasteiger partial charge in [0.1, 0.15) is 6.54 Å². The van der Waals surface area contributed by atoms with Crippen molar-refractivity contribution in [3.05, 3.63) is 116 Å². The third kappa shape index (κ3) is 6.07. The second-order valence-corrected chi connectivity index (χ2v) is 11.3. The fraction of sp³-hybridized carbons (Fsp3) is 0.111. The van der Waals surface area contributed by atoms with Crippen LogP contribution < -0.4 is 9.73 Å². The van der Waals surface area contributed by atoms with Gasteiger partial charge in [-0.2, -0.15) is 5.10 Å². The number of nitro groups is 1. The van der Waals surface area contributed by atoms with Gasteiger partial charge in [0.15, 0.2) is 4.90 Å². The number of hydrazone groups is 1. The van der Waals surface area contributed by atoms with E-state index in [1.54, 1.807) is 18.2 Å². The number of aromatic nitrogens is 1. The number of anilines is 1. The monoisotopic (exact) mass is 609 g/mol. The number of amides is 1. The minimum atomic E-state index is -4.47. The largest absolute Gasteiger partial charge is 0.318 e. The predicted octanol–water partition coefficient (Wildman–Crippen LogP) is 5.11. The summed E-state index contributed by atoms with van der Waals surface area (Å²) in [7, 11) is -4.47. The summed E-state index contributed by atoms with van der Waals surface area (Å²) in [5.41, 5.74) is 5.54. The van der Waals surface area contributed by atoms with Crippen LogP contribution in [-0.4, -0.2) is 36.6 Å². The zero-order valence-corrected chi connectivity index (χ0v) is 23.4. The van der Waals surface area contributed by atoms with E-state index in [1.807, 2.05) is 48.7 Å². The maximum absolute atomic E-state index is 13.5. The van der Waals surface area contributed by atoms with E-state index in [9.17, 15) is 23.3 Å². The van der Waals surface area contributed by atoms with E-state index in [2.05, 4.69) is 26.5 Å². The molecule has 4 rings (SSSR count). The third-order valence-corrected chi connectivity index (χ3v) is 8.21. The van der Waals surface area contributed by atoms with Gasteiger partial charge in [0.25, 0.3) is 21.6 Å². The van der Waals surface area contributed by atoms with Crippen molar-refractivity contribution in [2.75, 3.05) is 10.8 Å². The van der Waals surface area contributed by atoms with Crippen molar-refractivity contribution >= 4 is 49.4 Å². The Labute approximate surface area is 233 Å². The number of hydrogen-bond acceptors (Lipinski definition) is 6. The number of para-hydroxylation sites is 2. The average molecular weight is 610 g/mol. The first-order chi connectivity index (χ1) is 18.6. The molecule has 1 amide bonds. The Kier molecular flexibility index (Phi) is 8.27. The van der Waals surface area contributed by atoms with Crippen LogP contribution in [0.1, 0.15) is 17.0 Å². The summed E-state index contributed by atoms with van der Waals surface area (Å²) in [6.45, 7) is 3.23. The summed E-state index contributed by atoms with van der Waals surface area (Å²) in [4.78, 5) is 23.1. The molecule has 0 radical (unpaired) electrons. The summed E-state index contributed by atoms with van der Waals surface area (Å²) in [6.07, 6.45) is 1.48. The van der Waals surface area contributed by atoms with E-state index in [0.717, 1.165) is 43.5 Å². The van der Waals surface area contributed by atoms with E-state index in [1.165, 1.54) is 30.5 Å². The van der Waals surface area contributed by atoms with Crippen molar-refractivity contribution in [1.29, 1.82) is 0 Å². The molecule has 0 spiro atoms. The summed E-state index contributed by atoms with van der Waals surface area (Å²) < 4.78 is 30.9. The van der Waals surface area contributed by atoms with Crippen molar-refractivity contribution in [2.24, 2.45) is 5.10 Å². The van der Waals surface area contributed by atoms with Crippen LogP contribution in [0.25, 0.3) is 5.69 Å². The van der Waals surface area contributed by atoms with Crippen LogP contribution in [0.5, 0.6) is 0 Å². The molecule has 12 heteroatoms. The molecule has 0 atom stereocenters. The van der Waals surface area contributed by atoms with Gasteiger partial charge in [0.2, 0.25) is 0 Å². The number of carbonyl (C=O) groups excluding carboxylic acids is 1. The Bertz CT molecular complexity index is 1670. The van der Waals surface area contributed by atoms with Crippen molar-refractivity contribution < 1.29 is 18.1 Å². The molecule has 0 bridgehead atoms. The first-order valence-electron chi connectivity index (χ1n) is 11.7. The molecule has 0 aliphatic carbocycles. The van der Waals surface area contributed by atoms with Crippen molar-refractivity contribution in [3.63, 3.8) is 0 Å². The van der Waals surface area contributed by atoms with Crippen molar-refractivity contribution in [2.45, 2.75) is 18.7 Å². The number of nitro benzene ring substituents is 1. The maximum atomic E-state index is 13.5. The number of carbonyl (C=O) groups is 1. The SMILES string of the molecule is Cc1cc(/C=N\NC(=O)CN(c2ccccc2)S(=O)(=O)c2ccccc2[N+](=O)[O-])c(C)n1-c1cccc(Br)c1. The molecule has 0 fully saturated rings. The number of nitrogens with one attached hydrogen (secondary N) is 1. The molecule has 10 nitrogen and oxygen atoms in total. The minimum Gasteiger partial charge on any atom is -0.318 e. The molecule has 0 unspecified atom stereocenters. The zero-order valence-electron chi connectivity index (χ0n) is 21.0. The Morgan fingerprint density at radius 3 is 2.44 bits per heavy atom. The summed E-state index contributed by atoms with van der Waals surface area (Å²) in [5.74, 6) is -0.724. The van der Waals surface area contributed by atoms with Gasteiger partial charge in [0.05, 0.1) is 16.8 Å². The van der Waals surface area contributed by atoms with E-state index in [-0.39, 0.29) is 5.69 Å². The summed E-state index contributed by atoms with van der Waals surface area (Å²) in [6, 6.07) is 22.6. The number of hydrogen-bond donors (Lipinski definition) is 1. The maximum Gasteiger partial charge on any atom is 0.289 e. The molecule has 3 aromatic carbocycles. The van der Waals surface area contributed by atoms with Gasteiger partial charge in [0, 0.05) is 33.2 Å². The van der Waals surface area contributed by atoms with Gasteiger partial charge in [-0.05, 0) is 56.3 Å². The highest BCUT2D eigenvalue weighted by Gasteiger charge is 2.33. The molecule has 0 saturated heterocycles. The van der Waals surface area contributed by atoms with E-state index in [4.69, 9.17) is 0 Å². The van der Waals surface area contributed by atoms with Gasteiger partial charge in [-0.25, -0.2) is 13.8 Å². The van der Waals surface area contributed by atoms with Gasteiger partial charge in [-0.3, -0.25) is 19.2 Å². The van der Waals surface area contributed by atoms with Crippen LogP contribution in [-0.2, 0) is 14.8 Å². The molecule has 39 heavy (non-hydrogen) atoms. The topological polar surface area (TPSA) is 127 Å². The number of benzene rings is 3. The molecular formula is C27H24BrN5O5S. The lowest BCUT2D eigenvalue weighted by Crippen LogP contribution is -2.39. The second-order valence-electron chi connectivity index (χ2n) is 8.51. The fourth-order valence-electron chi connectivity index (χ4n) is 4.12. The number of rotatable bonds is 9. The lowest BCUT2D eigenvalue weighted by atomic mass is 10.2. The Morgan fingerprint density at radius 1 is 1.05 bits per heavy atom. The normalized spacial score (nSPS) is 11.5. The molecule has 4 aromatic rings. The van der Waals surface area contributed by atoms with E-state index in [0.29, 0.717) is 0 Å². The fourth-order valence-corrected chi connectivity index (χ4v) is 6.09. The predicted molar refractivity (Wildman–Crippen MR) is 153 cm³/mol. The molecule has 0 saturated carbocycles. The molecule has 200 valence electrons. The average Bonchev–Trinajstić information content (AvgIpc) is 3.20. The number of sulfonamides is 1. The quantitative estimate of drug-likeness (QED) is 0.160. The first kappa shape index (κ1) is 27.7. The molecule has 1 heterocycles. The second kappa shape index (κ2) is 11.6. The van der Waals surface area contributed by atoms with Gasteiger partial charge >= 0.3 is 0 Å². The highest BCUT2D eigenvalue weighted by molar-refractivity contribution is 9.10. The number of aryl methyl sites for hydroxylation is 1. The minimum absolute atomic E-state index is 0.173. The highest BCUT2D eigenvalue weighted by atomic mass is 79.9. The number of halogens is 1. The van der Waals surface area contributed by atoms with Gasteiger partial charge in [-0.15, -0.1) is 0 Å². The molecule has 1 aromatic heterocycles. The molecular weight excluding hydrogens is 586 g/mol. The van der Waals surface area contributed by atoms with Crippen molar-refractivity contribution in [3.8, 4) is 5.69 Å². The Balaban J connectivity index is 1.58. The van der Waals surface area contributed by atoms with Gasteiger partial charge in [-0.1, -0.05) is 52.3 Å². The third-order valence-electron chi connectivity index (χ3n) is 5.89. The van der Waals surface area contributed by atoms with E-state index < -0.39 is 38.0 Å². The molecule has 0 aliphatic heterocycles. The van der Waals surface area contributed by atoms with Crippen LogP contribution >= 0.6 is 15.9 Å². The van der Waals surface area contributed by atoms with Crippen LogP contribution in [0.4, 0.5) is 11.4 Å². The van der Waals surface area contributed by atoms with Crippen LogP contribution in [0.15, 0.2) is 99.4 Å². The summed E-state index contributed by atoms with van der Waals surface area (Å²) in [5, 5.41) is 15.5. The number of nitrogens with zero attached hydrogens (tertiary/aromatic N) is 4. The smallest absolute Gasteiger partial charge is 0.289 e. The van der Waals surface area contributed by atoms with E-state index >= 15 is 0 Å². The summed E-state index contributed by atoms with van der Waals surface area (Å²) >= 11 is 3.48.